The minimum atomic E-state index is 0.110. The van der Waals surface area contributed by atoms with E-state index < -0.39 is 0 Å². The average molecular weight is 188 g/mol. The van der Waals surface area contributed by atoms with E-state index in [1.165, 1.54) is 0 Å². The highest BCUT2D eigenvalue weighted by molar-refractivity contribution is 5.27. The fraction of sp³-hybridized carbons (Fsp3) is 0.417. The Morgan fingerprint density at radius 1 is 1.50 bits per heavy atom. The Morgan fingerprint density at radius 3 is 2.93 bits per heavy atom. The van der Waals surface area contributed by atoms with E-state index in [1.54, 1.807) is 0 Å². The van der Waals surface area contributed by atoms with Gasteiger partial charge in [-0.3, -0.25) is 0 Å². The molecule has 0 aliphatic heterocycles. The van der Waals surface area contributed by atoms with Gasteiger partial charge in [-0.2, -0.15) is 5.26 Å². The van der Waals surface area contributed by atoms with Gasteiger partial charge in [-0.25, -0.2) is 0 Å². The maximum absolute atomic E-state index is 8.57. The molecule has 1 aromatic rings. The summed E-state index contributed by atoms with van der Waals surface area (Å²) in [6.45, 7) is 2.12. The molecule has 0 aliphatic carbocycles. The zero-order chi connectivity index (χ0) is 10.4. The summed E-state index contributed by atoms with van der Waals surface area (Å²) in [4.78, 5) is 0. The second-order valence-corrected chi connectivity index (χ2v) is 3.48. The predicted molar refractivity (Wildman–Crippen MR) is 57.6 cm³/mol. The smallest absolute Gasteiger partial charge is 0.0669 e. The van der Waals surface area contributed by atoms with Crippen molar-refractivity contribution in [2.24, 2.45) is 5.73 Å². The summed E-state index contributed by atoms with van der Waals surface area (Å²) in [7, 11) is 0. The number of nitrogens with two attached hydrogens (primary N) is 1. The number of hydrogen-bond donors (Lipinski definition) is 1. The van der Waals surface area contributed by atoms with E-state index in [0.29, 0.717) is 6.42 Å². The van der Waals surface area contributed by atoms with E-state index in [4.69, 9.17) is 11.0 Å². The van der Waals surface area contributed by atoms with Crippen molar-refractivity contribution in [1.29, 1.82) is 5.26 Å². The summed E-state index contributed by atoms with van der Waals surface area (Å²) in [5.74, 6) is 0. The van der Waals surface area contributed by atoms with Crippen LogP contribution in [0.4, 0.5) is 0 Å². The zero-order valence-electron chi connectivity index (χ0n) is 8.53. The van der Waals surface area contributed by atoms with E-state index in [-0.39, 0.29) is 6.04 Å². The molecule has 0 heterocycles. The molecule has 0 saturated heterocycles. The maximum Gasteiger partial charge on any atom is 0.0669 e. The van der Waals surface area contributed by atoms with Gasteiger partial charge in [-0.1, -0.05) is 37.6 Å². The second kappa shape index (κ2) is 5.41. The van der Waals surface area contributed by atoms with E-state index in [0.717, 1.165) is 24.0 Å². The molecule has 0 aliphatic rings. The van der Waals surface area contributed by atoms with Crippen molar-refractivity contribution >= 4 is 0 Å². The largest absolute Gasteiger partial charge is 0.324 e. The Hall–Kier alpha value is -1.33. The summed E-state index contributed by atoms with van der Waals surface area (Å²) in [5.41, 5.74) is 8.18. The van der Waals surface area contributed by atoms with Crippen molar-refractivity contribution in [2.45, 2.75) is 32.2 Å². The average Bonchev–Trinajstić information content (AvgIpc) is 2.19. The molecule has 1 atom stereocenters. The molecule has 0 amide bonds. The van der Waals surface area contributed by atoms with Crippen molar-refractivity contribution in [2.75, 3.05) is 0 Å². The molecule has 0 fully saturated rings. The standard InChI is InChI=1S/C12H16N2/c1-2-4-12(14)11-6-3-5-10(9-11)7-8-13/h3,5-6,9,12H,2,4,7,14H2,1H3/t12-/m1/s1. The Balaban J connectivity index is 2.78. The van der Waals surface area contributed by atoms with Crippen LogP contribution in [-0.2, 0) is 6.42 Å². The molecule has 2 nitrogen and oxygen atoms in total. The van der Waals surface area contributed by atoms with Crippen molar-refractivity contribution in [3.05, 3.63) is 35.4 Å². The van der Waals surface area contributed by atoms with Crippen LogP contribution < -0.4 is 5.73 Å². The summed E-state index contributed by atoms with van der Waals surface area (Å²) in [5, 5.41) is 8.57. The fourth-order valence-corrected chi connectivity index (χ4v) is 1.50. The molecule has 1 aromatic carbocycles. The molecular weight excluding hydrogens is 172 g/mol. The Bertz CT molecular complexity index is 325. The minimum Gasteiger partial charge on any atom is -0.324 e. The normalized spacial score (nSPS) is 12.1. The summed E-state index contributed by atoms with van der Waals surface area (Å²) < 4.78 is 0. The van der Waals surface area contributed by atoms with Crippen LogP contribution in [0.15, 0.2) is 24.3 Å². The van der Waals surface area contributed by atoms with Gasteiger partial charge in [0.2, 0.25) is 0 Å². The quantitative estimate of drug-likeness (QED) is 0.789. The number of nitrogens with zero attached hydrogens (tertiary/aromatic N) is 1. The van der Waals surface area contributed by atoms with Gasteiger partial charge in [0, 0.05) is 6.04 Å². The molecular formula is C12H16N2. The van der Waals surface area contributed by atoms with Crippen LogP contribution in [0, 0.1) is 11.3 Å². The van der Waals surface area contributed by atoms with Crippen molar-refractivity contribution in [3.8, 4) is 6.07 Å². The molecule has 2 heteroatoms. The Labute approximate surface area is 85.4 Å². The molecule has 0 aromatic heterocycles. The lowest BCUT2D eigenvalue weighted by atomic mass is 10.0. The summed E-state index contributed by atoms with van der Waals surface area (Å²) in [6, 6.07) is 10.2. The van der Waals surface area contributed by atoms with Gasteiger partial charge in [-0.05, 0) is 17.5 Å². The number of benzene rings is 1. The topological polar surface area (TPSA) is 49.8 Å². The van der Waals surface area contributed by atoms with Gasteiger partial charge in [0.05, 0.1) is 12.5 Å². The highest BCUT2D eigenvalue weighted by Crippen LogP contribution is 2.16. The van der Waals surface area contributed by atoms with Crippen LogP contribution in [-0.4, -0.2) is 0 Å². The van der Waals surface area contributed by atoms with Gasteiger partial charge < -0.3 is 5.73 Å². The fourth-order valence-electron chi connectivity index (χ4n) is 1.50. The molecule has 0 bridgehead atoms. The molecule has 2 N–H and O–H groups in total. The summed E-state index contributed by atoms with van der Waals surface area (Å²) in [6.07, 6.45) is 2.55. The third-order valence-electron chi connectivity index (χ3n) is 2.26. The molecule has 0 unspecified atom stereocenters. The van der Waals surface area contributed by atoms with Gasteiger partial charge in [0.15, 0.2) is 0 Å². The molecule has 0 saturated carbocycles. The number of nitriles is 1. The highest BCUT2D eigenvalue weighted by atomic mass is 14.6. The number of rotatable bonds is 4. The van der Waals surface area contributed by atoms with Crippen LogP contribution >= 0.6 is 0 Å². The van der Waals surface area contributed by atoms with Gasteiger partial charge in [0.25, 0.3) is 0 Å². The zero-order valence-corrected chi connectivity index (χ0v) is 8.53. The van der Waals surface area contributed by atoms with E-state index in [1.807, 2.05) is 24.3 Å². The SMILES string of the molecule is CCC[C@@H](N)c1cccc(CC#N)c1. The third kappa shape index (κ3) is 2.86. The van der Waals surface area contributed by atoms with Crippen LogP contribution in [0.25, 0.3) is 0 Å². The monoisotopic (exact) mass is 188 g/mol. The summed E-state index contributed by atoms with van der Waals surface area (Å²) >= 11 is 0. The van der Waals surface area contributed by atoms with Crippen molar-refractivity contribution < 1.29 is 0 Å². The maximum atomic E-state index is 8.57. The first-order chi connectivity index (χ1) is 6.77. The van der Waals surface area contributed by atoms with Gasteiger partial charge in [0.1, 0.15) is 0 Å². The first kappa shape index (κ1) is 10.7. The van der Waals surface area contributed by atoms with Crippen molar-refractivity contribution in [1.82, 2.24) is 0 Å². The highest BCUT2D eigenvalue weighted by Gasteiger charge is 2.04. The van der Waals surface area contributed by atoms with Crippen molar-refractivity contribution in [3.63, 3.8) is 0 Å². The molecule has 0 radical (unpaired) electrons. The predicted octanol–water partition coefficient (Wildman–Crippen LogP) is 2.55. The first-order valence-electron chi connectivity index (χ1n) is 4.99. The lowest BCUT2D eigenvalue weighted by Gasteiger charge is -2.11. The molecule has 14 heavy (non-hydrogen) atoms. The number of hydrogen-bond acceptors (Lipinski definition) is 2. The Morgan fingerprint density at radius 2 is 2.29 bits per heavy atom. The molecule has 1 rings (SSSR count). The first-order valence-corrected chi connectivity index (χ1v) is 4.99. The lowest BCUT2D eigenvalue weighted by molar-refractivity contribution is 0.638. The van der Waals surface area contributed by atoms with Crippen LogP contribution in [0.5, 0.6) is 0 Å². The second-order valence-electron chi connectivity index (χ2n) is 3.48. The molecule has 0 spiro atoms. The van der Waals surface area contributed by atoms with Crippen LogP contribution in [0.2, 0.25) is 0 Å². The van der Waals surface area contributed by atoms with Gasteiger partial charge >= 0.3 is 0 Å². The van der Waals surface area contributed by atoms with E-state index in [9.17, 15) is 0 Å². The van der Waals surface area contributed by atoms with Crippen LogP contribution in [0.3, 0.4) is 0 Å². The molecule has 74 valence electrons. The van der Waals surface area contributed by atoms with E-state index in [2.05, 4.69) is 13.0 Å². The lowest BCUT2D eigenvalue weighted by Crippen LogP contribution is -2.09. The Kier molecular flexibility index (Phi) is 4.15. The van der Waals surface area contributed by atoms with Crippen LogP contribution in [0.1, 0.15) is 36.9 Å². The third-order valence-corrected chi connectivity index (χ3v) is 2.26. The van der Waals surface area contributed by atoms with Gasteiger partial charge in [-0.15, -0.1) is 0 Å². The minimum absolute atomic E-state index is 0.110. The van der Waals surface area contributed by atoms with E-state index >= 15 is 0 Å².